The summed E-state index contributed by atoms with van der Waals surface area (Å²) in [6, 6.07) is 9.07. The highest BCUT2D eigenvalue weighted by molar-refractivity contribution is 5.85. The minimum atomic E-state index is 0. The SMILES string of the molecule is CC1c2ccccc2C2CCN(C)CC12.Cl. The smallest absolute Gasteiger partial charge is 0.00182 e. The van der Waals surface area contributed by atoms with Crippen molar-refractivity contribution in [3.8, 4) is 0 Å². The van der Waals surface area contributed by atoms with Crippen LogP contribution in [-0.2, 0) is 0 Å². The van der Waals surface area contributed by atoms with Crippen LogP contribution in [0.5, 0.6) is 0 Å². The van der Waals surface area contributed by atoms with Crippen molar-refractivity contribution in [3.05, 3.63) is 35.4 Å². The third kappa shape index (κ3) is 1.66. The summed E-state index contributed by atoms with van der Waals surface area (Å²) < 4.78 is 0. The first-order valence-corrected chi connectivity index (χ1v) is 6.04. The van der Waals surface area contributed by atoms with Gasteiger partial charge in [-0.2, -0.15) is 0 Å². The summed E-state index contributed by atoms with van der Waals surface area (Å²) >= 11 is 0. The van der Waals surface area contributed by atoms with Crippen molar-refractivity contribution >= 4 is 12.4 Å². The van der Waals surface area contributed by atoms with Gasteiger partial charge in [-0.05, 0) is 48.9 Å². The lowest BCUT2D eigenvalue weighted by atomic mass is 9.82. The average Bonchev–Trinajstić information content (AvgIpc) is 2.54. The summed E-state index contributed by atoms with van der Waals surface area (Å²) in [6.45, 7) is 4.95. The lowest BCUT2D eigenvalue weighted by molar-refractivity contribution is 0.180. The van der Waals surface area contributed by atoms with Crippen molar-refractivity contribution < 1.29 is 0 Å². The molecular weight excluding hydrogens is 218 g/mol. The highest BCUT2D eigenvalue weighted by Gasteiger charge is 2.40. The summed E-state index contributed by atoms with van der Waals surface area (Å²) in [6.07, 6.45) is 1.35. The van der Waals surface area contributed by atoms with Gasteiger partial charge in [0.05, 0.1) is 0 Å². The Morgan fingerprint density at radius 3 is 2.62 bits per heavy atom. The molecule has 0 radical (unpaired) electrons. The number of likely N-dealkylation sites (tertiary alicyclic amines) is 1. The van der Waals surface area contributed by atoms with E-state index in [1.165, 1.54) is 19.5 Å². The van der Waals surface area contributed by atoms with Gasteiger partial charge in [0.1, 0.15) is 0 Å². The van der Waals surface area contributed by atoms with E-state index >= 15 is 0 Å². The molecule has 1 aromatic rings. The number of piperidine rings is 1. The van der Waals surface area contributed by atoms with Crippen LogP contribution in [0.25, 0.3) is 0 Å². The highest BCUT2D eigenvalue weighted by atomic mass is 35.5. The Hall–Kier alpha value is -0.530. The average molecular weight is 238 g/mol. The normalized spacial score (nSPS) is 32.8. The van der Waals surface area contributed by atoms with E-state index in [4.69, 9.17) is 0 Å². The van der Waals surface area contributed by atoms with Crippen LogP contribution in [0.4, 0.5) is 0 Å². The van der Waals surface area contributed by atoms with E-state index in [0.717, 1.165) is 17.8 Å². The third-order valence-electron chi connectivity index (χ3n) is 4.39. The van der Waals surface area contributed by atoms with Gasteiger partial charge < -0.3 is 4.90 Å². The Labute approximate surface area is 104 Å². The second kappa shape index (κ2) is 4.38. The quantitative estimate of drug-likeness (QED) is 0.670. The van der Waals surface area contributed by atoms with E-state index in [2.05, 4.69) is 43.1 Å². The Kier molecular flexibility index (Phi) is 3.27. The van der Waals surface area contributed by atoms with Crippen LogP contribution in [0.2, 0.25) is 0 Å². The molecule has 1 saturated heterocycles. The fourth-order valence-corrected chi connectivity index (χ4v) is 3.54. The third-order valence-corrected chi connectivity index (χ3v) is 4.39. The van der Waals surface area contributed by atoms with Crippen LogP contribution in [0, 0.1) is 5.92 Å². The standard InChI is InChI=1S/C14H19N.ClH/c1-10-11-5-3-4-6-12(11)13-7-8-15(2)9-14(10)13;/h3-6,10,13-14H,7-9H2,1-2H3;1H. The van der Waals surface area contributed by atoms with Crippen LogP contribution >= 0.6 is 12.4 Å². The fourth-order valence-electron chi connectivity index (χ4n) is 3.54. The highest BCUT2D eigenvalue weighted by Crippen LogP contribution is 2.49. The van der Waals surface area contributed by atoms with Gasteiger partial charge in [-0.15, -0.1) is 12.4 Å². The zero-order valence-electron chi connectivity index (χ0n) is 10.0. The fraction of sp³-hybridized carbons (Fsp3) is 0.571. The zero-order valence-corrected chi connectivity index (χ0v) is 10.8. The molecule has 3 unspecified atom stereocenters. The van der Waals surface area contributed by atoms with E-state index in [-0.39, 0.29) is 12.4 Å². The zero-order chi connectivity index (χ0) is 10.4. The molecule has 1 aromatic carbocycles. The lowest BCUT2D eigenvalue weighted by Crippen LogP contribution is -2.36. The second-order valence-electron chi connectivity index (χ2n) is 5.24. The van der Waals surface area contributed by atoms with E-state index < -0.39 is 0 Å². The molecule has 1 aliphatic heterocycles. The summed E-state index contributed by atoms with van der Waals surface area (Å²) in [5, 5.41) is 0. The maximum atomic E-state index is 2.49. The van der Waals surface area contributed by atoms with Gasteiger partial charge in [0.25, 0.3) is 0 Å². The molecule has 0 amide bonds. The molecule has 88 valence electrons. The minimum absolute atomic E-state index is 0. The topological polar surface area (TPSA) is 3.24 Å². The van der Waals surface area contributed by atoms with Crippen LogP contribution in [0.1, 0.15) is 36.3 Å². The molecule has 16 heavy (non-hydrogen) atoms. The van der Waals surface area contributed by atoms with Gasteiger partial charge in [-0.1, -0.05) is 31.2 Å². The number of halogens is 1. The molecular formula is C14H20ClN. The van der Waals surface area contributed by atoms with Crippen molar-refractivity contribution in [2.24, 2.45) is 5.92 Å². The van der Waals surface area contributed by atoms with Crippen LogP contribution in [0.3, 0.4) is 0 Å². The summed E-state index contributed by atoms with van der Waals surface area (Å²) in [5.41, 5.74) is 3.26. The number of hydrogen-bond donors (Lipinski definition) is 0. The summed E-state index contributed by atoms with van der Waals surface area (Å²) in [4.78, 5) is 2.49. The predicted octanol–water partition coefficient (Wildman–Crippen LogP) is 3.26. The molecule has 0 bridgehead atoms. The molecule has 0 aromatic heterocycles. The molecule has 1 fully saturated rings. The van der Waals surface area contributed by atoms with Crippen LogP contribution in [-0.4, -0.2) is 25.0 Å². The van der Waals surface area contributed by atoms with Crippen molar-refractivity contribution in [2.75, 3.05) is 20.1 Å². The maximum Gasteiger partial charge on any atom is 0.00182 e. The molecule has 0 spiro atoms. The van der Waals surface area contributed by atoms with Gasteiger partial charge in [-0.25, -0.2) is 0 Å². The number of nitrogens with zero attached hydrogens (tertiary/aromatic N) is 1. The number of benzene rings is 1. The van der Waals surface area contributed by atoms with E-state index in [1.54, 1.807) is 11.1 Å². The summed E-state index contributed by atoms with van der Waals surface area (Å²) in [7, 11) is 2.26. The Balaban J connectivity index is 0.000000963. The van der Waals surface area contributed by atoms with E-state index in [0.29, 0.717) is 0 Å². The maximum absolute atomic E-state index is 2.49. The van der Waals surface area contributed by atoms with Crippen LogP contribution < -0.4 is 0 Å². The first-order chi connectivity index (χ1) is 7.27. The first kappa shape index (κ1) is 11.9. The van der Waals surface area contributed by atoms with E-state index in [9.17, 15) is 0 Å². The Morgan fingerprint density at radius 2 is 1.88 bits per heavy atom. The molecule has 0 N–H and O–H groups in total. The van der Waals surface area contributed by atoms with Gasteiger partial charge in [0.15, 0.2) is 0 Å². The van der Waals surface area contributed by atoms with Crippen molar-refractivity contribution in [1.82, 2.24) is 4.90 Å². The monoisotopic (exact) mass is 237 g/mol. The van der Waals surface area contributed by atoms with Crippen LogP contribution in [0.15, 0.2) is 24.3 Å². The molecule has 2 aliphatic rings. The number of rotatable bonds is 0. The van der Waals surface area contributed by atoms with Gasteiger partial charge in [-0.3, -0.25) is 0 Å². The van der Waals surface area contributed by atoms with Gasteiger partial charge in [0, 0.05) is 6.54 Å². The molecule has 2 heteroatoms. The van der Waals surface area contributed by atoms with Crippen molar-refractivity contribution in [2.45, 2.75) is 25.2 Å². The Bertz CT molecular complexity index is 377. The van der Waals surface area contributed by atoms with Crippen molar-refractivity contribution in [3.63, 3.8) is 0 Å². The molecule has 1 aliphatic carbocycles. The number of hydrogen-bond acceptors (Lipinski definition) is 1. The molecule has 3 atom stereocenters. The number of fused-ring (bicyclic) bond motifs is 3. The Morgan fingerprint density at radius 1 is 1.19 bits per heavy atom. The molecule has 1 heterocycles. The van der Waals surface area contributed by atoms with Crippen molar-refractivity contribution in [1.29, 1.82) is 0 Å². The minimum Gasteiger partial charge on any atom is -0.306 e. The molecule has 0 saturated carbocycles. The largest absolute Gasteiger partial charge is 0.306 e. The van der Waals surface area contributed by atoms with E-state index in [1.807, 2.05) is 0 Å². The van der Waals surface area contributed by atoms with Gasteiger partial charge in [0.2, 0.25) is 0 Å². The lowest BCUT2D eigenvalue weighted by Gasteiger charge is -2.34. The second-order valence-corrected chi connectivity index (χ2v) is 5.24. The first-order valence-electron chi connectivity index (χ1n) is 6.04. The predicted molar refractivity (Wildman–Crippen MR) is 70.5 cm³/mol. The summed E-state index contributed by atoms with van der Waals surface area (Å²) in [5.74, 6) is 2.46. The molecule has 1 nitrogen and oxygen atoms in total. The molecule has 3 rings (SSSR count). The van der Waals surface area contributed by atoms with Gasteiger partial charge >= 0.3 is 0 Å².